The average molecular weight is 115 g/mol. The van der Waals surface area contributed by atoms with Crippen LogP contribution in [-0.2, 0) is 0 Å². The quantitative estimate of drug-likeness (QED) is 0.454. The van der Waals surface area contributed by atoms with Crippen LogP contribution in [0.15, 0.2) is 0 Å². The van der Waals surface area contributed by atoms with Crippen molar-refractivity contribution in [1.29, 1.82) is 0 Å². The Kier molecular flexibility index (Phi) is 2.05. The summed E-state index contributed by atoms with van der Waals surface area (Å²) < 4.78 is 0. The van der Waals surface area contributed by atoms with Crippen molar-refractivity contribution in [2.24, 2.45) is 5.92 Å². The Balaban J connectivity index is 3.54. The van der Waals surface area contributed by atoms with Gasteiger partial charge >= 0.3 is 0 Å². The van der Waals surface area contributed by atoms with E-state index in [1.54, 1.807) is 0 Å². The molecular formula is C6H15Si. The van der Waals surface area contributed by atoms with Gasteiger partial charge in [-0.05, 0) is 11.0 Å². The Morgan fingerprint density at radius 2 is 1.43 bits per heavy atom. The van der Waals surface area contributed by atoms with Crippen LogP contribution in [0.3, 0.4) is 0 Å². The maximum atomic E-state index is 2.27. The minimum absolute atomic E-state index is 0.528. The lowest BCUT2D eigenvalue weighted by molar-refractivity contribution is 0.480. The highest BCUT2D eigenvalue weighted by molar-refractivity contribution is 6.14. The fourth-order valence-corrected chi connectivity index (χ4v) is 0. The lowest BCUT2D eigenvalue weighted by Crippen LogP contribution is -2.09. The van der Waals surface area contributed by atoms with Gasteiger partial charge in [-0.1, -0.05) is 27.7 Å². The van der Waals surface area contributed by atoms with Crippen molar-refractivity contribution in [3.63, 3.8) is 0 Å². The first kappa shape index (κ1) is 7.22. The smallest absolute Gasteiger partial charge is 0.0159 e. The van der Waals surface area contributed by atoms with E-state index in [1.165, 1.54) is 0 Å². The largest absolute Gasteiger partial charge is 0.0629 e. The fraction of sp³-hybridized carbons (Fsp3) is 1.00. The average Bonchev–Trinajstić information content (AvgIpc) is 1.31. The van der Waals surface area contributed by atoms with Crippen LogP contribution in [0.25, 0.3) is 0 Å². The molecule has 0 spiro atoms. The van der Waals surface area contributed by atoms with Crippen molar-refractivity contribution in [3.05, 3.63) is 0 Å². The molecule has 0 fully saturated rings. The molecule has 0 aromatic rings. The van der Waals surface area contributed by atoms with E-state index in [-0.39, 0.29) is 0 Å². The minimum Gasteiger partial charge on any atom is -0.0629 e. The second-order valence-corrected chi connectivity index (χ2v) is 4.97. The number of hydrogen-bond donors (Lipinski definition) is 0. The van der Waals surface area contributed by atoms with Crippen molar-refractivity contribution in [2.45, 2.75) is 32.7 Å². The van der Waals surface area contributed by atoms with E-state index in [0.717, 1.165) is 5.92 Å². The van der Waals surface area contributed by atoms with Crippen molar-refractivity contribution in [3.8, 4) is 0 Å². The van der Waals surface area contributed by atoms with Crippen molar-refractivity contribution >= 4 is 10.2 Å². The summed E-state index contributed by atoms with van der Waals surface area (Å²) in [6.45, 7) is 9.06. The van der Waals surface area contributed by atoms with Crippen LogP contribution in [0.1, 0.15) is 27.7 Å². The standard InChI is InChI=1S/C6H15Si/c1-5(2)6(3,4)7/h5H,7H2,1-4H3. The summed E-state index contributed by atoms with van der Waals surface area (Å²) in [4.78, 5) is 0. The van der Waals surface area contributed by atoms with Crippen LogP contribution in [-0.4, -0.2) is 10.2 Å². The Morgan fingerprint density at radius 3 is 1.43 bits per heavy atom. The predicted molar refractivity (Wildman–Crippen MR) is 37.4 cm³/mol. The highest BCUT2D eigenvalue weighted by Gasteiger charge is 2.13. The van der Waals surface area contributed by atoms with Gasteiger partial charge in [0.2, 0.25) is 0 Å². The summed E-state index contributed by atoms with van der Waals surface area (Å²) in [5.74, 6) is 0.811. The first-order valence-corrected chi connectivity index (χ1v) is 3.50. The van der Waals surface area contributed by atoms with E-state index in [0.29, 0.717) is 5.04 Å². The molecule has 0 saturated carbocycles. The molecule has 0 aliphatic rings. The Labute approximate surface area is 49.7 Å². The molecule has 0 bridgehead atoms. The molecule has 0 unspecified atom stereocenters. The molecular weight excluding hydrogens is 100 g/mol. The van der Waals surface area contributed by atoms with Crippen molar-refractivity contribution < 1.29 is 0 Å². The van der Waals surface area contributed by atoms with Gasteiger partial charge in [0, 0.05) is 10.2 Å². The molecule has 0 aliphatic heterocycles. The van der Waals surface area contributed by atoms with Gasteiger partial charge in [0.15, 0.2) is 0 Å². The normalized spacial score (nSPS) is 12.9. The molecule has 0 nitrogen and oxygen atoms in total. The number of rotatable bonds is 1. The van der Waals surface area contributed by atoms with E-state index in [4.69, 9.17) is 0 Å². The monoisotopic (exact) mass is 115 g/mol. The van der Waals surface area contributed by atoms with Crippen LogP contribution in [0.4, 0.5) is 0 Å². The summed E-state index contributed by atoms with van der Waals surface area (Å²) in [7, 11) is 2.07. The SMILES string of the molecule is CC(C)C(C)(C)[SiH2]. The Bertz CT molecular complexity index is 49.7. The highest BCUT2D eigenvalue weighted by Crippen LogP contribution is 2.28. The van der Waals surface area contributed by atoms with E-state index in [1.807, 2.05) is 0 Å². The summed E-state index contributed by atoms with van der Waals surface area (Å²) in [5.41, 5.74) is 0. The molecule has 1 radical (unpaired) electrons. The summed E-state index contributed by atoms with van der Waals surface area (Å²) in [5, 5.41) is 0.528. The van der Waals surface area contributed by atoms with Gasteiger partial charge < -0.3 is 0 Å². The zero-order valence-electron chi connectivity index (χ0n) is 5.78. The first-order valence-electron chi connectivity index (χ1n) is 2.80. The maximum absolute atomic E-state index is 2.27. The van der Waals surface area contributed by atoms with Gasteiger partial charge in [0.25, 0.3) is 0 Å². The zero-order valence-corrected chi connectivity index (χ0v) is 7.20. The lowest BCUT2D eigenvalue weighted by Gasteiger charge is -2.22. The highest BCUT2D eigenvalue weighted by atomic mass is 28.1. The summed E-state index contributed by atoms with van der Waals surface area (Å²) >= 11 is 0. The molecule has 0 rings (SSSR count). The molecule has 7 heavy (non-hydrogen) atoms. The van der Waals surface area contributed by atoms with Gasteiger partial charge in [0.1, 0.15) is 0 Å². The third-order valence-corrected chi connectivity index (χ3v) is 2.38. The Morgan fingerprint density at radius 1 is 1.29 bits per heavy atom. The molecule has 0 aromatic carbocycles. The molecule has 0 atom stereocenters. The van der Waals surface area contributed by atoms with Crippen LogP contribution >= 0.6 is 0 Å². The van der Waals surface area contributed by atoms with Gasteiger partial charge in [-0.25, -0.2) is 0 Å². The first-order chi connectivity index (χ1) is 2.94. The molecule has 0 heterocycles. The minimum atomic E-state index is 0.528. The second kappa shape index (κ2) is 1.99. The second-order valence-electron chi connectivity index (χ2n) is 3.14. The van der Waals surface area contributed by atoms with Crippen LogP contribution in [0.5, 0.6) is 0 Å². The maximum Gasteiger partial charge on any atom is 0.0159 e. The molecule has 0 aliphatic carbocycles. The molecule has 1 heteroatoms. The van der Waals surface area contributed by atoms with Crippen LogP contribution in [0.2, 0.25) is 5.04 Å². The van der Waals surface area contributed by atoms with E-state index in [9.17, 15) is 0 Å². The van der Waals surface area contributed by atoms with Crippen LogP contribution in [0, 0.1) is 5.92 Å². The van der Waals surface area contributed by atoms with E-state index < -0.39 is 0 Å². The van der Waals surface area contributed by atoms with Crippen molar-refractivity contribution in [1.82, 2.24) is 0 Å². The zero-order chi connectivity index (χ0) is 6.08. The van der Waals surface area contributed by atoms with Crippen molar-refractivity contribution in [2.75, 3.05) is 0 Å². The fourth-order valence-electron chi connectivity index (χ4n) is 0. The molecule has 43 valence electrons. The molecule has 0 saturated heterocycles. The van der Waals surface area contributed by atoms with Gasteiger partial charge in [-0.2, -0.15) is 0 Å². The topological polar surface area (TPSA) is 0 Å². The predicted octanol–water partition coefficient (Wildman–Crippen LogP) is 1.47. The van der Waals surface area contributed by atoms with Crippen LogP contribution < -0.4 is 0 Å². The van der Waals surface area contributed by atoms with E-state index in [2.05, 4.69) is 37.9 Å². The van der Waals surface area contributed by atoms with E-state index >= 15 is 0 Å². The lowest BCUT2D eigenvalue weighted by atomic mass is 9.99. The number of hydrogen-bond acceptors (Lipinski definition) is 0. The third kappa shape index (κ3) is 2.86. The van der Waals surface area contributed by atoms with Gasteiger partial charge in [-0.15, -0.1) is 0 Å². The molecule has 0 N–H and O–H groups in total. The summed E-state index contributed by atoms with van der Waals surface area (Å²) in [6.07, 6.45) is 0. The summed E-state index contributed by atoms with van der Waals surface area (Å²) in [6, 6.07) is 0. The third-order valence-electron chi connectivity index (χ3n) is 1.56. The Hall–Kier alpha value is 0.217. The van der Waals surface area contributed by atoms with Gasteiger partial charge in [-0.3, -0.25) is 0 Å². The molecule has 0 aromatic heterocycles. The molecule has 0 amide bonds. The van der Waals surface area contributed by atoms with Gasteiger partial charge in [0.05, 0.1) is 0 Å².